The molecule has 1 atom stereocenters. The first-order valence-electron chi connectivity index (χ1n) is 8.19. The quantitative estimate of drug-likeness (QED) is 0.810. The maximum absolute atomic E-state index is 5.84. The summed E-state index contributed by atoms with van der Waals surface area (Å²) in [4.78, 5) is 6.55. The first-order valence-corrected chi connectivity index (χ1v) is 8.19. The fraction of sp³-hybridized carbons (Fsp3) is 0.706. The molecule has 3 N–H and O–H groups in total. The molecule has 0 radical (unpaired) electrons. The maximum atomic E-state index is 5.84. The Bertz CT molecular complexity index is 438. The molecule has 1 heterocycles. The minimum Gasteiger partial charge on any atom is -0.384 e. The Morgan fingerprint density at radius 2 is 2.10 bits per heavy atom. The van der Waals surface area contributed by atoms with Crippen molar-refractivity contribution in [1.29, 1.82) is 0 Å². The number of anilines is 1. The predicted octanol–water partition coefficient (Wildman–Crippen LogP) is 2.45. The van der Waals surface area contributed by atoms with E-state index in [0.717, 1.165) is 13.0 Å². The van der Waals surface area contributed by atoms with E-state index in [2.05, 4.69) is 42.3 Å². The Labute approximate surface area is 129 Å². The highest BCUT2D eigenvalue weighted by Gasteiger charge is 2.42. The minimum atomic E-state index is 0.271. The standard InChI is InChI=1S/C17H30N4/c1-4-10-19-15(12-14-7-11-20-16(18)13-14)17(21(2)3)8-5-6-9-17/h7,11,13,15,19H,4-6,8-10,12H2,1-3H3,(H2,18,20). The van der Waals surface area contributed by atoms with Crippen LogP contribution in [0.3, 0.4) is 0 Å². The van der Waals surface area contributed by atoms with Gasteiger partial charge in [0, 0.05) is 17.8 Å². The zero-order valence-corrected chi connectivity index (χ0v) is 13.7. The lowest BCUT2D eigenvalue weighted by Crippen LogP contribution is -2.58. The van der Waals surface area contributed by atoms with Crippen molar-refractivity contribution in [2.75, 3.05) is 26.4 Å². The molecule has 2 rings (SSSR count). The van der Waals surface area contributed by atoms with E-state index in [-0.39, 0.29) is 5.54 Å². The summed E-state index contributed by atoms with van der Waals surface area (Å²) < 4.78 is 0. The predicted molar refractivity (Wildman–Crippen MR) is 89.3 cm³/mol. The molecule has 0 amide bonds. The first kappa shape index (κ1) is 16.2. The van der Waals surface area contributed by atoms with E-state index >= 15 is 0 Å². The molecule has 1 aliphatic rings. The van der Waals surface area contributed by atoms with Crippen molar-refractivity contribution in [2.45, 2.75) is 57.0 Å². The van der Waals surface area contributed by atoms with Crippen LogP contribution >= 0.6 is 0 Å². The fourth-order valence-electron chi connectivity index (χ4n) is 3.72. The molecule has 4 nitrogen and oxygen atoms in total. The highest BCUT2D eigenvalue weighted by Crippen LogP contribution is 2.38. The van der Waals surface area contributed by atoms with Gasteiger partial charge in [0.2, 0.25) is 0 Å². The van der Waals surface area contributed by atoms with Crippen molar-refractivity contribution in [3.8, 4) is 0 Å². The Kier molecular flexibility index (Phi) is 5.59. The first-order chi connectivity index (χ1) is 10.1. The van der Waals surface area contributed by atoms with Gasteiger partial charge < -0.3 is 16.0 Å². The van der Waals surface area contributed by atoms with Crippen LogP contribution in [0.2, 0.25) is 0 Å². The van der Waals surface area contributed by atoms with E-state index in [9.17, 15) is 0 Å². The summed E-state index contributed by atoms with van der Waals surface area (Å²) in [6.45, 7) is 3.30. The van der Waals surface area contributed by atoms with Gasteiger partial charge in [-0.25, -0.2) is 4.98 Å². The smallest absolute Gasteiger partial charge is 0.123 e. The average molecular weight is 290 g/mol. The number of nitrogens with two attached hydrogens (primary N) is 1. The second-order valence-electron chi connectivity index (χ2n) is 6.50. The monoisotopic (exact) mass is 290 g/mol. The molecule has 0 bridgehead atoms. The molecule has 0 aliphatic heterocycles. The number of nitrogen functional groups attached to an aromatic ring is 1. The van der Waals surface area contributed by atoms with Crippen LogP contribution in [0.25, 0.3) is 0 Å². The van der Waals surface area contributed by atoms with Crippen LogP contribution in [0.5, 0.6) is 0 Å². The average Bonchev–Trinajstić information content (AvgIpc) is 2.94. The van der Waals surface area contributed by atoms with Crippen molar-refractivity contribution >= 4 is 5.82 Å². The van der Waals surface area contributed by atoms with Crippen molar-refractivity contribution in [1.82, 2.24) is 15.2 Å². The van der Waals surface area contributed by atoms with Gasteiger partial charge in [0.25, 0.3) is 0 Å². The van der Waals surface area contributed by atoms with E-state index in [1.165, 1.54) is 37.7 Å². The van der Waals surface area contributed by atoms with Crippen LogP contribution in [-0.4, -0.2) is 42.1 Å². The molecule has 1 saturated carbocycles. The summed E-state index contributed by atoms with van der Waals surface area (Å²) in [5.41, 5.74) is 7.39. The van der Waals surface area contributed by atoms with Gasteiger partial charge in [0.1, 0.15) is 5.82 Å². The van der Waals surface area contributed by atoms with Crippen LogP contribution < -0.4 is 11.1 Å². The van der Waals surface area contributed by atoms with Crippen molar-refractivity contribution < 1.29 is 0 Å². The van der Waals surface area contributed by atoms with Gasteiger partial charge in [-0.3, -0.25) is 0 Å². The number of hydrogen-bond acceptors (Lipinski definition) is 4. The van der Waals surface area contributed by atoms with Crippen LogP contribution in [0.4, 0.5) is 5.82 Å². The van der Waals surface area contributed by atoms with E-state index in [0.29, 0.717) is 11.9 Å². The van der Waals surface area contributed by atoms with Crippen molar-refractivity contribution in [3.63, 3.8) is 0 Å². The molecule has 0 aromatic carbocycles. The zero-order valence-electron chi connectivity index (χ0n) is 13.7. The number of nitrogens with one attached hydrogen (secondary N) is 1. The lowest BCUT2D eigenvalue weighted by Gasteiger charge is -2.44. The van der Waals surface area contributed by atoms with E-state index < -0.39 is 0 Å². The van der Waals surface area contributed by atoms with Gasteiger partial charge in [-0.1, -0.05) is 19.8 Å². The lowest BCUT2D eigenvalue weighted by atomic mass is 9.83. The SMILES string of the molecule is CCCNC(Cc1ccnc(N)c1)C1(N(C)C)CCCC1. The Morgan fingerprint density at radius 1 is 1.38 bits per heavy atom. The molecular formula is C17H30N4. The van der Waals surface area contributed by atoms with Gasteiger partial charge in [0.15, 0.2) is 0 Å². The van der Waals surface area contributed by atoms with Gasteiger partial charge in [-0.2, -0.15) is 0 Å². The van der Waals surface area contributed by atoms with E-state index in [1.54, 1.807) is 0 Å². The summed E-state index contributed by atoms with van der Waals surface area (Å²) in [7, 11) is 4.46. The van der Waals surface area contributed by atoms with E-state index in [4.69, 9.17) is 5.73 Å². The third-order valence-corrected chi connectivity index (χ3v) is 4.93. The van der Waals surface area contributed by atoms with Crippen molar-refractivity contribution in [2.24, 2.45) is 0 Å². The fourth-order valence-corrected chi connectivity index (χ4v) is 3.72. The molecule has 1 fully saturated rings. The van der Waals surface area contributed by atoms with Crippen LogP contribution in [-0.2, 0) is 6.42 Å². The van der Waals surface area contributed by atoms with Gasteiger partial charge in [-0.05, 0) is 64.0 Å². The molecular weight excluding hydrogens is 260 g/mol. The molecule has 118 valence electrons. The lowest BCUT2D eigenvalue weighted by molar-refractivity contribution is 0.104. The Morgan fingerprint density at radius 3 is 2.67 bits per heavy atom. The van der Waals surface area contributed by atoms with Gasteiger partial charge in [-0.15, -0.1) is 0 Å². The zero-order chi connectivity index (χ0) is 15.3. The number of nitrogens with zero attached hydrogens (tertiary/aromatic N) is 2. The number of hydrogen-bond donors (Lipinski definition) is 2. The van der Waals surface area contributed by atoms with Crippen LogP contribution in [0.1, 0.15) is 44.6 Å². The number of aromatic nitrogens is 1. The second-order valence-corrected chi connectivity index (χ2v) is 6.50. The highest BCUT2D eigenvalue weighted by atomic mass is 15.2. The summed E-state index contributed by atoms with van der Waals surface area (Å²) in [5, 5.41) is 3.80. The molecule has 0 spiro atoms. The molecule has 1 unspecified atom stereocenters. The molecule has 1 aromatic heterocycles. The van der Waals surface area contributed by atoms with Crippen LogP contribution in [0, 0.1) is 0 Å². The Balaban J connectivity index is 2.20. The van der Waals surface area contributed by atoms with Gasteiger partial charge in [0.05, 0.1) is 0 Å². The third-order valence-electron chi connectivity index (χ3n) is 4.93. The topological polar surface area (TPSA) is 54.2 Å². The molecule has 4 heteroatoms. The number of pyridine rings is 1. The summed E-state index contributed by atoms with van der Waals surface area (Å²) in [5.74, 6) is 0.618. The van der Waals surface area contributed by atoms with E-state index in [1.807, 2.05) is 12.3 Å². The third kappa shape index (κ3) is 3.74. The number of rotatable bonds is 7. The summed E-state index contributed by atoms with van der Waals surface area (Å²) in [6, 6.07) is 4.57. The summed E-state index contributed by atoms with van der Waals surface area (Å²) in [6.07, 6.45) is 9.23. The summed E-state index contributed by atoms with van der Waals surface area (Å²) >= 11 is 0. The van der Waals surface area contributed by atoms with Gasteiger partial charge >= 0.3 is 0 Å². The Hall–Kier alpha value is -1.13. The van der Waals surface area contributed by atoms with Crippen LogP contribution in [0.15, 0.2) is 18.3 Å². The highest BCUT2D eigenvalue weighted by molar-refractivity contribution is 5.32. The normalized spacial score (nSPS) is 19.0. The molecule has 0 saturated heterocycles. The number of likely N-dealkylation sites (N-methyl/N-ethyl adjacent to an activating group) is 1. The van der Waals surface area contributed by atoms with Crippen molar-refractivity contribution in [3.05, 3.63) is 23.9 Å². The molecule has 1 aromatic rings. The molecule has 1 aliphatic carbocycles. The maximum Gasteiger partial charge on any atom is 0.123 e. The largest absolute Gasteiger partial charge is 0.384 e. The molecule has 21 heavy (non-hydrogen) atoms. The second kappa shape index (κ2) is 7.23. The minimum absolute atomic E-state index is 0.271.